The standard InChI is InChI=1S/C19H23FN4O3/c20-13-7-5-12(6-8-13)9-10-24-18(26)14(17(25)23-19(24)27)11-22-16-4-2-1-3-15(16)21/h5-8,11,14-16H,1-4,9-10,21H2,(H,23,25,27)/t14-,15-,16-/m1/s1. The fourth-order valence-electron chi connectivity index (χ4n) is 3.39. The number of amides is 4. The van der Waals surface area contributed by atoms with Gasteiger partial charge in [-0.1, -0.05) is 25.0 Å². The van der Waals surface area contributed by atoms with Crippen LogP contribution in [0.25, 0.3) is 0 Å². The van der Waals surface area contributed by atoms with Gasteiger partial charge < -0.3 is 5.73 Å². The van der Waals surface area contributed by atoms with Crippen molar-refractivity contribution >= 4 is 24.1 Å². The molecule has 1 aromatic carbocycles. The molecule has 2 aliphatic rings. The maximum Gasteiger partial charge on any atom is 0.330 e. The molecule has 0 aromatic heterocycles. The molecule has 1 aliphatic carbocycles. The van der Waals surface area contributed by atoms with Crippen LogP contribution in [0.3, 0.4) is 0 Å². The molecular weight excluding hydrogens is 351 g/mol. The molecule has 7 nitrogen and oxygen atoms in total. The lowest BCUT2D eigenvalue weighted by molar-refractivity contribution is -0.139. The molecule has 0 unspecified atom stereocenters. The molecule has 0 radical (unpaired) electrons. The van der Waals surface area contributed by atoms with Crippen molar-refractivity contribution in [3.63, 3.8) is 0 Å². The summed E-state index contributed by atoms with van der Waals surface area (Å²) >= 11 is 0. The Kier molecular flexibility index (Phi) is 5.95. The average molecular weight is 374 g/mol. The SMILES string of the molecule is N[C@@H]1CCCC[C@H]1N=C[C@@H]1C(=O)NC(=O)N(CCc2ccc(F)cc2)C1=O. The number of urea groups is 1. The van der Waals surface area contributed by atoms with Gasteiger partial charge in [0.15, 0.2) is 5.92 Å². The molecule has 0 spiro atoms. The second-order valence-corrected chi connectivity index (χ2v) is 6.95. The fourth-order valence-corrected chi connectivity index (χ4v) is 3.39. The first-order valence-corrected chi connectivity index (χ1v) is 9.15. The van der Waals surface area contributed by atoms with Gasteiger partial charge in [-0.05, 0) is 37.0 Å². The molecular formula is C19H23FN4O3. The Morgan fingerprint density at radius 3 is 2.59 bits per heavy atom. The summed E-state index contributed by atoms with van der Waals surface area (Å²) in [5.74, 6) is -2.76. The number of carbonyl (C=O) groups excluding carboxylic acids is 3. The van der Waals surface area contributed by atoms with Crippen molar-refractivity contribution in [1.29, 1.82) is 0 Å². The van der Waals surface area contributed by atoms with Gasteiger partial charge in [0.25, 0.3) is 0 Å². The van der Waals surface area contributed by atoms with E-state index in [1.807, 2.05) is 0 Å². The summed E-state index contributed by atoms with van der Waals surface area (Å²) in [6.45, 7) is 0.0941. The minimum atomic E-state index is -1.13. The van der Waals surface area contributed by atoms with Crippen LogP contribution in [0.1, 0.15) is 31.2 Å². The van der Waals surface area contributed by atoms with Gasteiger partial charge in [-0.25, -0.2) is 9.18 Å². The zero-order valence-corrected chi connectivity index (χ0v) is 14.9. The van der Waals surface area contributed by atoms with Gasteiger partial charge in [0.05, 0.1) is 6.04 Å². The second kappa shape index (κ2) is 8.39. The molecule has 144 valence electrons. The molecule has 0 bridgehead atoms. The van der Waals surface area contributed by atoms with E-state index in [1.165, 1.54) is 18.3 Å². The van der Waals surface area contributed by atoms with Crippen LogP contribution in [0, 0.1) is 11.7 Å². The van der Waals surface area contributed by atoms with Crippen LogP contribution in [-0.4, -0.2) is 47.6 Å². The van der Waals surface area contributed by atoms with Gasteiger partial charge in [-0.15, -0.1) is 0 Å². The number of nitrogens with one attached hydrogen (secondary N) is 1. The van der Waals surface area contributed by atoms with E-state index in [-0.39, 0.29) is 24.4 Å². The van der Waals surface area contributed by atoms with Crippen molar-refractivity contribution in [3.05, 3.63) is 35.6 Å². The number of imide groups is 2. The maximum atomic E-state index is 13.0. The minimum Gasteiger partial charge on any atom is -0.326 e. The van der Waals surface area contributed by atoms with Gasteiger partial charge in [-0.3, -0.25) is 24.8 Å². The molecule has 1 saturated carbocycles. The number of aliphatic imine (C=N–C) groups is 1. The van der Waals surface area contributed by atoms with Crippen molar-refractivity contribution in [3.8, 4) is 0 Å². The maximum absolute atomic E-state index is 13.0. The Morgan fingerprint density at radius 2 is 1.89 bits per heavy atom. The minimum absolute atomic E-state index is 0.0760. The molecule has 1 saturated heterocycles. The lowest BCUT2D eigenvalue weighted by atomic mass is 9.91. The Bertz CT molecular complexity index is 750. The average Bonchev–Trinajstić information content (AvgIpc) is 2.64. The van der Waals surface area contributed by atoms with Gasteiger partial charge in [0.2, 0.25) is 11.8 Å². The van der Waals surface area contributed by atoms with Gasteiger partial charge in [0, 0.05) is 18.8 Å². The molecule has 3 N–H and O–H groups in total. The van der Waals surface area contributed by atoms with Crippen LogP contribution in [0.2, 0.25) is 0 Å². The van der Waals surface area contributed by atoms with E-state index in [4.69, 9.17) is 5.73 Å². The van der Waals surface area contributed by atoms with Gasteiger partial charge in [0.1, 0.15) is 5.82 Å². The first-order valence-electron chi connectivity index (χ1n) is 9.15. The number of barbiturate groups is 1. The lowest BCUT2D eigenvalue weighted by Gasteiger charge is -2.29. The van der Waals surface area contributed by atoms with Crippen molar-refractivity contribution < 1.29 is 18.8 Å². The zero-order valence-electron chi connectivity index (χ0n) is 14.9. The van der Waals surface area contributed by atoms with E-state index in [0.717, 1.165) is 36.1 Å². The summed E-state index contributed by atoms with van der Waals surface area (Å²) in [7, 11) is 0. The van der Waals surface area contributed by atoms with E-state index < -0.39 is 23.8 Å². The van der Waals surface area contributed by atoms with E-state index >= 15 is 0 Å². The number of rotatable bonds is 5. The highest BCUT2D eigenvalue weighted by atomic mass is 19.1. The van der Waals surface area contributed by atoms with Crippen LogP contribution in [-0.2, 0) is 16.0 Å². The smallest absolute Gasteiger partial charge is 0.326 e. The third-order valence-electron chi connectivity index (χ3n) is 5.04. The van der Waals surface area contributed by atoms with Crippen molar-refractivity contribution in [1.82, 2.24) is 10.2 Å². The molecule has 1 heterocycles. The monoisotopic (exact) mass is 374 g/mol. The summed E-state index contributed by atoms with van der Waals surface area (Å²) in [6, 6.07) is 4.90. The molecule has 1 aromatic rings. The van der Waals surface area contributed by atoms with Crippen LogP contribution >= 0.6 is 0 Å². The predicted octanol–water partition coefficient (Wildman–Crippen LogP) is 1.40. The van der Waals surface area contributed by atoms with Gasteiger partial charge >= 0.3 is 6.03 Å². The van der Waals surface area contributed by atoms with E-state index in [2.05, 4.69) is 10.3 Å². The number of halogens is 1. The Balaban J connectivity index is 1.66. The summed E-state index contributed by atoms with van der Waals surface area (Å²) in [4.78, 5) is 42.1. The molecule has 8 heteroatoms. The Labute approximate surface area is 156 Å². The molecule has 2 fully saturated rings. The summed E-state index contributed by atoms with van der Waals surface area (Å²) in [5.41, 5.74) is 6.83. The van der Waals surface area contributed by atoms with Crippen molar-refractivity contribution in [2.75, 3.05) is 6.54 Å². The van der Waals surface area contributed by atoms with E-state index in [1.54, 1.807) is 12.1 Å². The van der Waals surface area contributed by atoms with E-state index in [0.29, 0.717) is 6.42 Å². The normalized spacial score (nSPS) is 26.5. The fraction of sp³-hybridized carbons (Fsp3) is 0.474. The topological polar surface area (TPSA) is 105 Å². The molecule has 4 amide bonds. The van der Waals surface area contributed by atoms with Crippen LogP contribution < -0.4 is 11.1 Å². The van der Waals surface area contributed by atoms with Crippen LogP contribution in [0.5, 0.6) is 0 Å². The van der Waals surface area contributed by atoms with Crippen molar-refractivity contribution in [2.45, 2.75) is 44.2 Å². The summed E-state index contributed by atoms with van der Waals surface area (Å²) in [5, 5.41) is 2.20. The molecule has 1 aliphatic heterocycles. The zero-order chi connectivity index (χ0) is 19.4. The second-order valence-electron chi connectivity index (χ2n) is 6.95. The summed E-state index contributed by atoms with van der Waals surface area (Å²) < 4.78 is 13.0. The lowest BCUT2D eigenvalue weighted by Crippen LogP contribution is -2.58. The largest absolute Gasteiger partial charge is 0.330 e. The number of benzene rings is 1. The number of hydrogen-bond acceptors (Lipinski definition) is 5. The van der Waals surface area contributed by atoms with Gasteiger partial charge in [-0.2, -0.15) is 0 Å². The van der Waals surface area contributed by atoms with Crippen LogP contribution in [0.4, 0.5) is 9.18 Å². The number of hydrogen-bond donors (Lipinski definition) is 2. The summed E-state index contributed by atoms with van der Waals surface area (Å²) in [6.07, 6.45) is 5.46. The Hall–Kier alpha value is -2.61. The first-order chi connectivity index (χ1) is 13.0. The van der Waals surface area contributed by atoms with Crippen molar-refractivity contribution in [2.24, 2.45) is 16.6 Å². The number of nitrogens with two attached hydrogens (primary N) is 1. The first kappa shape index (κ1) is 19.2. The number of nitrogens with zero attached hydrogens (tertiary/aromatic N) is 2. The molecule has 27 heavy (non-hydrogen) atoms. The Morgan fingerprint density at radius 1 is 1.19 bits per heavy atom. The van der Waals surface area contributed by atoms with Crippen LogP contribution in [0.15, 0.2) is 29.3 Å². The highest BCUT2D eigenvalue weighted by molar-refractivity contribution is 6.23. The highest BCUT2D eigenvalue weighted by Crippen LogP contribution is 2.20. The molecule has 3 atom stereocenters. The van der Waals surface area contributed by atoms with E-state index in [9.17, 15) is 18.8 Å². The third kappa shape index (κ3) is 4.57. The number of carbonyl (C=O) groups is 3. The molecule has 3 rings (SSSR count). The quantitative estimate of drug-likeness (QED) is 0.600. The predicted molar refractivity (Wildman–Crippen MR) is 97.6 cm³/mol. The highest BCUT2D eigenvalue weighted by Gasteiger charge is 2.39. The third-order valence-corrected chi connectivity index (χ3v) is 5.04.